The zero-order valence-corrected chi connectivity index (χ0v) is 10.8. The summed E-state index contributed by atoms with van der Waals surface area (Å²) in [6.45, 7) is 4.26. The van der Waals surface area contributed by atoms with Gasteiger partial charge in [0.05, 0.1) is 12.1 Å². The maximum Gasteiger partial charge on any atom is 0.0925 e. The van der Waals surface area contributed by atoms with E-state index in [0.29, 0.717) is 6.04 Å². The lowest BCUT2D eigenvalue weighted by Gasteiger charge is -2.09. The SMILES string of the molecule is Cc1ccc2cn(CC3CCCN3)nc2c1.[B][B]. The number of benzene rings is 1. The first kappa shape index (κ1) is 13.2. The van der Waals surface area contributed by atoms with E-state index in [1.54, 1.807) is 0 Å². The van der Waals surface area contributed by atoms with Gasteiger partial charge >= 0.3 is 0 Å². The molecule has 4 radical (unpaired) electrons. The minimum Gasteiger partial charge on any atom is -0.312 e. The van der Waals surface area contributed by atoms with Crippen molar-refractivity contribution in [2.75, 3.05) is 6.54 Å². The van der Waals surface area contributed by atoms with Crippen LogP contribution in [0.4, 0.5) is 0 Å². The molecular formula is C13H17B2N3. The third kappa shape index (κ3) is 2.96. The monoisotopic (exact) mass is 237 g/mol. The molecule has 2 heterocycles. The van der Waals surface area contributed by atoms with Gasteiger partial charge in [-0.15, -0.1) is 0 Å². The first-order chi connectivity index (χ1) is 8.81. The largest absolute Gasteiger partial charge is 0.312 e. The van der Waals surface area contributed by atoms with Crippen molar-refractivity contribution in [2.24, 2.45) is 0 Å². The number of nitrogens with one attached hydrogen (secondary N) is 1. The predicted molar refractivity (Wildman–Crippen MR) is 77.0 cm³/mol. The first-order valence-corrected chi connectivity index (χ1v) is 6.32. The fourth-order valence-electron chi connectivity index (χ4n) is 2.41. The third-order valence-corrected chi connectivity index (χ3v) is 3.28. The summed E-state index contributed by atoms with van der Waals surface area (Å²) in [6, 6.07) is 7.04. The fourth-order valence-corrected chi connectivity index (χ4v) is 2.41. The van der Waals surface area contributed by atoms with Crippen LogP contribution in [0.3, 0.4) is 0 Å². The van der Waals surface area contributed by atoms with Gasteiger partial charge in [-0.1, -0.05) is 12.1 Å². The number of rotatable bonds is 2. The van der Waals surface area contributed by atoms with Gasteiger partial charge in [-0.3, -0.25) is 4.68 Å². The van der Waals surface area contributed by atoms with Crippen molar-refractivity contribution in [2.45, 2.75) is 32.4 Å². The van der Waals surface area contributed by atoms with E-state index in [1.165, 1.54) is 23.8 Å². The second-order valence-electron chi connectivity index (χ2n) is 4.71. The molecule has 1 unspecified atom stereocenters. The molecule has 1 aliphatic rings. The summed E-state index contributed by atoms with van der Waals surface area (Å²) in [5.74, 6) is 0. The van der Waals surface area contributed by atoms with Crippen molar-refractivity contribution < 1.29 is 0 Å². The number of hydrogen-bond donors (Lipinski definition) is 1. The molecule has 0 amide bonds. The highest BCUT2D eigenvalue weighted by Gasteiger charge is 2.14. The van der Waals surface area contributed by atoms with E-state index in [4.69, 9.17) is 0 Å². The Morgan fingerprint density at radius 3 is 3.00 bits per heavy atom. The normalized spacial score (nSPS) is 18.6. The van der Waals surface area contributed by atoms with Crippen LogP contribution in [0.5, 0.6) is 0 Å². The molecule has 1 N–H and O–H groups in total. The van der Waals surface area contributed by atoms with E-state index in [-0.39, 0.29) is 0 Å². The van der Waals surface area contributed by atoms with Crippen molar-refractivity contribution in [3.05, 3.63) is 30.0 Å². The van der Waals surface area contributed by atoms with Crippen molar-refractivity contribution >= 4 is 26.4 Å². The lowest BCUT2D eigenvalue weighted by atomic mass is 9.81. The van der Waals surface area contributed by atoms with Crippen LogP contribution in [0.2, 0.25) is 0 Å². The summed E-state index contributed by atoms with van der Waals surface area (Å²) in [6.07, 6.45) is 4.72. The molecule has 0 bridgehead atoms. The molecule has 18 heavy (non-hydrogen) atoms. The second-order valence-corrected chi connectivity index (χ2v) is 4.71. The number of fused-ring (bicyclic) bond motifs is 1. The third-order valence-electron chi connectivity index (χ3n) is 3.28. The summed E-state index contributed by atoms with van der Waals surface area (Å²) in [5, 5.41) is 9.35. The quantitative estimate of drug-likeness (QED) is 0.798. The van der Waals surface area contributed by atoms with E-state index < -0.39 is 0 Å². The van der Waals surface area contributed by atoms with Gasteiger partial charge in [-0.2, -0.15) is 5.10 Å². The zero-order chi connectivity index (χ0) is 13.0. The number of aromatic nitrogens is 2. The first-order valence-electron chi connectivity index (χ1n) is 6.32. The number of aryl methyl sites for hydroxylation is 1. The van der Waals surface area contributed by atoms with E-state index in [0.717, 1.165) is 18.6 Å². The molecule has 2 aromatic rings. The van der Waals surface area contributed by atoms with Crippen LogP contribution in [0, 0.1) is 6.92 Å². The molecule has 0 saturated carbocycles. The minimum absolute atomic E-state index is 0.607. The molecule has 1 aromatic heterocycles. The molecule has 90 valence electrons. The van der Waals surface area contributed by atoms with Crippen LogP contribution >= 0.6 is 0 Å². The molecule has 1 aliphatic heterocycles. The summed E-state index contributed by atoms with van der Waals surface area (Å²) in [5.41, 5.74) is 2.38. The topological polar surface area (TPSA) is 29.9 Å². The fraction of sp³-hybridized carbons (Fsp3) is 0.462. The Morgan fingerprint density at radius 1 is 1.44 bits per heavy atom. The highest BCUT2D eigenvalue weighted by molar-refractivity contribution is 6.75. The van der Waals surface area contributed by atoms with E-state index >= 15 is 0 Å². The maximum absolute atomic E-state index is 4.61. The Morgan fingerprint density at radius 2 is 2.28 bits per heavy atom. The van der Waals surface area contributed by atoms with Crippen molar-refractivity contribution in [3.63, 3.8) is 0 Å². The van der Waals surface area contributed by atoms with Gasteiger partial charge < -0.3 is 5.32 Å². The molecule has 1 aromatic carbocycles. The van der Waals surface area contributed by atoms with Crippen LogP contribution < -0.4 is 5.32 Å². The summed E-state index contributed by atoms with van der Waals surface area (Å²) >= 11 is 0. The zero-order valence-electron chi connectivity index (χ0n) is 10.8. The minimum atomic E-state index is 0.607. The summed E-state index contributed by atoms with van der Waals surface area (Å²) in [4.78, 5) is 0. The summed E-state index contributed by atoms with van der Waals surface area (Å²) in [7, 11) is 8.00. The molecule has 3 nitrogen and oxygen atoms in total. The van der Waals surface area contributed by atoms with E-state index in [9.17, 15) is 0 Å². The van der Waals surface area contributed by atoms with Crippen LogP contribution in [0.1, 0.15) is 18.4 Å². The molecule has 1 atom stereocenters. The Hall–Kier alpha value is -1.22. The number of nitrogens with zero attached hydrogens (tertiary/aromatic N) is 2. The van der Waals surface area contributed by atoms with Crippen LogP contribution in [-0.4, -0.2) is 37.8 Å². The van der Waals surface area contributed by atoms with Gasteiger partial charge in [0.2, 0.25) is 0 Å². The van der Waals surface area contributed by atoms with E-state index in [1.807, 2.05) is 0 Å². The average Bonchev–Trinajstić information content (AvgIpc) is 3.00. The molecule has 1 fully saturated rings. The Bertz CT molecular complexity index is 504. The molecule has 0 aliphatic carbocycles. The van der Waals surface area contributed by atoms with Crippen molar-refractivity contribution in [3.8, 4) is 0 Å². The molecular weight excluding hydrogens is 220 g/mol. The van der Waals surface area contributed by atoms with Crippen molar-refractivity contribution in [1.82, 2.24) is 15.1 Å². The second kappa shape index (κ2) is 6.10. The average molecular weight is 237 g/mol. The standard InChI is InChI=1S/C13H17N3.B2/c1-10-4-5-11-8-16(15-13(11)7-10)9-12-3-2-6-14-12;1-2/h4-5,7-8,12,14H,2-3,6,9H2,1H3;. The molecule has 5 heteroatoms. The van der Waals surface area contributed by atoms with Gasteiger partial charge in [0, 0.05) is 33.1 Å². The Labute approximate surface area is 111 Å². The predicted octanol–water partition coefficient (Wildman–Crippen LogP) is 1.34. The van der Waals surface area contributed by atoms with Crippen LogP contribution in [0.25, 0.3) is 10.9 Å². The van der Waals surface area contributed by atoms with Gasteiger partial charge in [-0.25, -0.2) is 0 Å². The lowest BCUT2D eigenvalue weighted by molar-refractivity contribution is 0.479. The molecule has 1 saturated heterocycles. The smallest absolute Gasteiger partial charge is 0.0925 e. The van der Waals surface area contributed by atoms with Crippen LogP contribution in [0.15, 0.2) is 24.4 Å². The Kier molecular flexibility index (Phi) is 4.48. The van der Waals surface area contributed by atoms with Gasteiger partial charge in [0.25, 0.3) is 0 Å². The van der Waals surface area contributed by atoms with Crippen molar-refractivity contribution in [1.29, 1.82) is 0 Å². The van der Waals surface area contributed by atoms with Gasteiger partial charge in [0.1, 0.15) is 0 Å². The number of hydrogen-bond acceptors (Lipinski definition) is 2. The van der Waals surface area contributed by atoms with E-state index in [2.05, 4.69) is 61.9 Å². The molecule has 3 rings (SSSR count). The highest BCUT2D eigenvalue weighted by atomic mass is 15.3. The highest BCUT2D eigenvalue weighted by Crippen LogP contribution is 2.15. The van der Waals surface area contributed by atoms with Gasteiger partial charge in [-0.05, 0) is 37.9 Å². The van der Waals surface area contributed by atoms with Gasteiger partial charge in [0.15, 0.2) is 0 Å². The maximum atomic E-state index is 4.61. The molecule has 0 spiro atoms. The lowest BCUT2D eigenvalue weighted by Crippen LogP contribution is -2.26. The van der Waals surface area contributed by atoms with Crippen LogP contribution in [-0.2, 0) is 6.54 Å². The summed E-state index contributed by atoms with van der Waals surface area (Å²) < 4.78 is 2.08. The Balaban J connectivity index is 0.000000574.